The Morgan fingerprint density at radius 3 is 2.27 bits per heavy atom. The molecule has 0 radical (unpaired) electrons. The van der Waals surface area contributed by atoms with Crippen LogP contribution in [0.4, 0.5) is 16.3 Å². The molecule has 1 fully saturated rings. The van der Waals surface area contributed by atoms with E-state index in [4.69, 9.17) is 20.7 Å². The van der Waals surface area contributed by atoms with Crippen molar-refractivity contribution in [2.45, 2.75) is 117 Å². The van der Waals surface area contributed by atoms with Crippen LogP contribution in [0.1, 0.15) is 109 Å². The second-order valence-electron chi connectivity index (χ2n) is 14.7. The highest BCUT2D eigenvalue weighted by molar-refractivity contribution is 7.13. The lowest BCUT2D eigenvalue weighted by Gasteiger charge is -2.35. The van der Waals surface area contributed by atoms with Gasteiger partial charge in [-0.1, -0.05) is 115 Å². The highest BCUT2D eigenvalue weighted by atomic mass is 35.5. The molecule has 0 aliphatic carbocycles. The molecule has 1 saturated heterocycles. The number of fused-ring (bicyclic) bond motifs is 2. The summed E-state index contributed by atoms with van der Waals surface area (Å²) >= 11 is 8.47. The Morgan fingerprint density at radius 1 is 0.941 bits per heavy atom. The summed E-state index contributed by atoms with van der Waals surface area (Å²) in [5, 5.41) is 1.89. The first kappa shape index (κ1) is 39.3. The van der Waals surface area contributed by atoms with Gasteiger partial charge in [-0.05, 0) is 60.6 Å². The van der Waals surface area contributed by atoms with Crippen LogP contribution >= 0.6 is 23.1 Å². The van der Waals surface area contributed by atoms with Gasteiger partial charge in [-0.25, -0.2) is 4.79 Å². The molecule has 0 bridgehead atoms. The normalized spacial score (nSPS) is 15.6. The molecule has 51 heavy (non-hydrogen) atoms. The van der Waals surface area contributed by atoms with Gasteiger partial charge in [0.2, 0.25) is 5.91 Å². The summed E-state index contributed by atoms with van der Waals surface area (Å²) < 4.78 is 12.1. The van der Waals surface area contributed by atoms with Crippen LogP contribution in [-0.2, 0) is 22.4 Å². The summed E-state index contributed by atoms with van der Waals surface area (Å²) in [7, 11) is 0. The zero-order valence-electron chi connectivity index (χ0n) is 31.5. The third-order valence-electron chi connectivity index (χ3n) is 10.6. The number of benzene rings is 2. The van der Waals surface area contributed by atoms with Gasteiger partial charge >= 0.3 is 6.09 Å². The topological polar surface area (TPSA) is 69.2 Å². The minimum Gasteiger partial charge on any atom is -0.425 e. The number of rotatable bonds is 20. The second kappa shape index (κ2) is 19.8. The van der Waals surface area contributed by atoms with Crippen molar-refractivity contribution in [3.05, 3.63) is 52.5 Å². The first-order valence-electron chi connectivity index (χ1n) is 19.7. The lowest BCUT2D eigenvalue weighted by atomic mass is 10.0. The maximum atomic E-state index is 13.5. The van der Waals surface area contributed by atoms with E-state index in [1.165, 1.54) is 67.9 Å². The van der Waals surface area contributed by atoms with Crippen LogP contribution in [-0.4, -0.2) is 78.2 Å². The van der Waals surface area contributed by atoms with Crippen LogP contribution in [0.5, 0.6) is 0 Å². The second-order valence-corrected chi connectivity index (χ2v) is 15.9. The SMILES string of the molecule is CCCCCCCCCCCCCN(CC)C(=O)OC(C(C)C)N1C(=O)Cc2cc(CCN3CCN(c4nsc5ccccc45)CC3)c(Cl)cc21. The zero-order valence-corrected chi connectivity index (χ0v) is 33.1. The number of halogens is 1. The Balaban J connectivity index is 1.09. The maximum Gasteiger partial charge on any atom is 0.411 e. The molecule has 2 aromatic carbocycles. The number of ether oxygens (including phenoxy) is 1. The van der Waals surface area contributed by atoms with Crippen LogP contribution in [0.15, 0.2) is 36.4 Å². The van der Waals surface area contributed by atoms with Gasteiger partial charge in [-0.15, -0.1) is 0 Å². The number of hydrogen-bond donors (Lipinski definition) is 0. The van der Waals surface area contributed by atoms with Crippen LogP contribution < -0.4 is 9.80 Å². The van der Waals surface area contributed by atoms with E-state index in [2.05, 4.69) is 47.1 Å². The predicted molar refractivity (Wildman–Crippen MR) is 213 cm³/mol. The van der Waals surface area contributed by atoms with Crippen molar-refractivity contribution in [3.63, 3.8) is 0 Å². The summed E-state index contributed by atoms with van der Waals surface area (Å²) in [5.41, 5.74) is 2.77. The molecule has 0 saturated carbocycles. The molecule has 0 N–H and O–H groups in total. The quantitative estimate of drug-likeness (QED) is 0.108. The molecule has 10 heteroatoms. The molecule has 1 aromatic heterocycles. The third kappa shape index (κ3) is 10.6. The number of amides is 2. The van der Waals surface area contributed by atoms with Gasteiger partial charge in [0.05, 0.1) is 16.8 Å². The molecule has 2 aliphatic rings. The van der Waals surface area contributed by atoms with E-state index in [1.807, 2.05) is 26.8 Å². The zero-order chi connectivity index (χ0) is 36.2. The fourth-order valence-electron chi connectivity index (χ4n) is 7.45. The number of piperazine rings is 1. The van der Waals surface area contributed by atoms with Crippen molar-refractivity contribution in [3.8, 4) is 0 Å². The molecule has 0 spiro atoms. The number of hydrogen-bond acceptors (Lipinski definition) is 7. The van der Waals surface area contributed by atoms with Gasteiger partial charge in [0.1, 0.15) is 5.82 Å². The fraction of sp³-hybridized carbons (Fsp3) is 0.634. The van der Waals surface area contributed by atoms with E-state index in [9.17, 15) is 9.59 Å². The smallest absolute Gasteiger partial charge is 0.411 e. The van der Waals surface area contributed by atoms with Gasteiger partial charge in [-0.2, -0.15) is 4.37 Å². The Bertz CT molecular complexity index is 1560. The summed E-state index contributed by atoms with van der Waals surface area (Å²) in [5.74, 6) is 0.969. The summed E-state index contributed by atoms with van der Waals surface area (Å²) in [6, 6.07) is 12.5. The Labute approximate surface area is 315 Å². The highest BCUT2D eigenvalue weighted by Gasteiger charge is 2.38. The van der Waals surface area contributed by atoms with E-state index in [0.717, 1.165) is 74.6 Å². The van der Waals surface area contributed by atoms with Crippen molar-refractivity contribution < 1.29 is 14.3 Å². The molecule has 2 aliphatic heterocycles. The van der Waals surface area contributed by atoms with Crippen molar-refractivity contribution in [2.75, 3.05) is 55.6 Å². The van der Waals surface area contributed by atoms with Crippen LogP contribution in [0, 0.1) is 5.92 Å². The molecule has 3 heterocycles. The van der Waals surface area contributed by atoms with Crippen LogP contribution in [0.2, 0.25) is 5.02 Å². The molecule has 1 atom stereocenters. The predicted octanol–water partition coefficient (Wildman–Crippen LogP) is 9.96. The summed E-state index contributed by atoms with van der Waals surface area (Å²) in [6.07, 6.45) is 14.0. The first-order chi connectivity index (χ1) is 24.8. The average molecular weight is 738 g/mol. The summed E-state index contributed by atoms with van der Waals surface area (Å²) in [6.45, 7) is 14.2. The van der Waals surface area contributed by atoms with Gasteiger partial charge in [0.25, 0.3) is 0 Å². The van der Waals surface area contributed by atoms with E-state index in [-0.39, 0.29) is 24.3 Å². The number of carbonyl (C=O) groups excluding carboxylic acids is 2. The monoisotopic (exact) mass is 737 g/mol. The van der Waals surface area contributed by atoms with Crippen molar-refractivity contribution in [2.24, 2.45) is 5.92 Å². The molecule has 280 valence electrons. The van der Waals surface area contributed by atoms with Gasteiger partial charge in [-0.3, -0.25) is 14.6 Å². The van der Waals surface area contributed by atoms with Crippen molar-refractivity contribution in [1.82, 2.24) is 14.2 Å². The van der Waals surface area contributed by atoms with E-state index in [0.29, 0.717) is 18.1 Å². The van der Waals surface area contributed by atoms with Crippen LogP contribution in [0.3, 0.4) is 0 Å². The molecule has 8 nitrogen and oxygen atoms in total. The molecule has 5 rings (SSSR count). The third-order valence-corrected chi connectivity index (χ3v) is 11.7. The van der Waals surface area contributed by atoms with Crippen molar-refractivity contribution in [1.29, 1.82) is 0 Å². The average Bonchev–Trinajstić information content (AvgIpc) is 3.70. The number of aromatic nitrogens is 1. The molecular formula is C41H60ClN5O3S. The number of unbranched alkanes of at least 4 members (excludes halogenated alkanes) is 10. The molecule has 3 aromatic rings. The molecule has 2 amide bonds. The first-order valence-corrected chi connectivity index (χ1v) is 20.9. The summed E-state index contributed by atoms with van der Waals surface area (Å²) in [4.78, 5) is 35.2. The van der Waals surface area contributed by atoms with Crippen molar-refractivity contribution >= 4 is 56.7 Å². The van der Waals surface area contributed by atoms with E-state index < -0.39 is 6.23 Å². The minimum absolute atomic E-state index is 0.0520. The maximum absolute atomic E-state index is 13.5. The van der Waals surface area contributed by atoms with Gasteiger partial charge in [0.15, 0.2) is 6.23 Å². The Kier molecular flexibility index (Phi) is 15.3. The van der Waals surface area contributed by atoms with Crippen LogP contribution in [0.25, 0.3) is 10.1 Å². The lowest BCUT2D eigenvalue weighted by Crippen LogP contribution is -2.47. The number of carbonyl (C=O) groups is 2. The fourth-order valence-corrected chi connectivity index (χ4v) is 8.50. The van der Waals surface area contributed by atoms with Gasteiger partial charge < -0.3 is 14.5 Å². The van der Waals surface area contributed by atoms with E-state index >= 15 is 0 Å². The van der Waals surface area contributed by atoms with E-state index in [1.54, 1.807) is 21.3 Å². The highest BCUT2D eigenvalue weighted by Crippen LogP contribution is 2.37. The standard InChI is InChI=1S/C41H60ClN5O3S/c1-5-7-8-9-10-11-12-13-14-15-18-22-45(6-2)41(49)50-40(31(3)4)47-36-30-35(42)32(28-33(36)29-38(47)48)21-23-44-24-26-46(27-25-44)39-34-19-16-17-20-37(34)51-43-39/h16-17,19-20,28,30-31,40H,5-15,18,21-27,29H2,1-4H3. The number of anilines is 2. The van der Waals surface area contributed by atoms with Gasteiger partial charge in [0, 0.05) is 62.1 Å². The molecule has 1 unspecified atom stereocenters. The minimum atomic E-state index is -0.689. The lowest BCUT2D eigenvalue weighted by molar-refractivity contribution is -0.119. The Hall–Kier alpha value is -2.88. The largest absolute Gasteiger partial charge is 0.425 e. The number of nitrogens with zero attached hydrogens (tertiary/aromatic N) is 5. The molecular weight excluding hydrogens is 678 g/mol. The Morgan fingerprint density at radius 2 is 1.61 bits per heavy atom.